The highest BCUT2D eigenvalue weighted by atomic mass is 19.1. The van der Waals surface area contributed by atoms with Crippen LogP contribution in [-0.4, -0.2) is 43.3 Å². The predicted octanol–water partition coefficient (Wildman–Crippen LogP) is 4.41. The number of nitrogens with one attached hydrogen (secondary N) is 3. The third-order valence-corrected chi connectivity index (χ3v) is 4.54. The van der Waals surface area contributed by atoms with Gasteiger partial charge in [0, 0.05) is 5.56 Å². The van der Waals surface area contributed by atoms with Crippen molar-refractivity contribution in [2.24, 2.45) is 9.98 Å². The minimum atomic E-state index is -0.491. The highest BCUT2D eigenvalue weighted by molar-refractivity contribution is 5.92. The molecule has 0 spiro atoms. The number of hydrogen-bond donors (Lipinski definition) is 3. The van der Waals surface area contributed by atoms with Crippen LogP contribution in [0.15, 0.2) is 39.7 Å². The van der Waals surface area contributed by atoms with Gasteiger partial charge in [0.1, 0.15) is 0 Å². The fraction of sp³-hybridized carbons (Fsp3) is 0.400. The molecule has 0 bridgehead atoms. The molecule has 1 heterocycles. The van der Waals surface area contributed by atoms with Crippen molar-refractivity contribution in [1.82, 2.24) is 15.5 Å². The van der Waals surface area contributed by atoms with Gasteiger partial charge in [-0.05, 0) is 63.2 Å². The molecule has 3 N–H and O–H groups in total. The highest BCUT2D eigenvalue weighted by Crippen LogP contribution is 2.30. The Labute approximate surface area is 154 Å². The van der Waals surface area contributed by atoms with E-state index in [1.165, 1.54) is 34.0 Å². The third kappa shape index (κ3) is 4.79. The molecule has 0 saturated carbocycles. The summed E-state index contributed by atoms with van der Waals surface area (Å²) in [5.74, 6) is -0.491. The van der Waals surface area contributed by atoms with Gasteiger partial charge >= 0.3 is 0 Å². The van der Waals surface area contributed by atoms with Crippen LogP contribution in [0, 0.1) is 0 Å². The second-order valence-corrected chi connectivity index (χ2v) is 6.23. The van der Waals surface area contributed by atoms with Crippen molar-refractivity contribution in [2.75, 3.05) is 20.1 Å². The van der Waals surface area contributed by atoms with Crippen LogP contribution in [0.2, 0.25) is 0 Å². The summed E-state index contributed by atoms with van der Waals surface area (Å²) >= 11 is 0. The zero-order valence-corrected chi connectivity index (χ0v) is 15.8. The standard InChI is InChI=1S/C20H28FN5/c1-5-15-8-9-18(20-19(15)25-26-20)14(2)16(7-6-10-22-3)11-24-13-17(21)12-23-4/h8-9,12-13,22,25-26H,4-7,10-11H2,1-3H3/b16-14-,17-12+,24-13-. The summed E-state index contributed by atoms with van der Waals surface area (Å²) in [5, 5.41) is 9.55. The van der Waals surface area contributed by atoms with E-state index in [2.05, 4.69) is 58.2 Å². The van der Waals surface area contributed by atoms with Gasteiger partial charge in [-0.1, -0.05) is 19.1 Å². The van der Waals surface area contributed by atoms with Crippen LogP contribution in [0.5, 0.6) is 0 Å². The molecule has 6 heteroatoms. The Kier molecular flexibility index (Phi) is 7.53. The minimum Gasteiger partial charge on any atom is -0.320 e. The first kappa shape index (κ1) is 19.8. The lowest BCUT2D eigenvalue weighted by molar-refractivity contribution is 0.682. The van der Waals surface area contributed by atoms with Crippen LogP contribution in [0.1, 0.15) is 37.8 Å². The van der Waals surface area contributed by atoms with E-state index in [0.717, 1.165) is 37.5 Å². The van der Waals surface area contributed by atoms with Gasteiger partial charge in [-0.3, -0.25) is 20.2 Å². The number of rotatable bonds is 10. The Bertz CT molecular complexity index is 822. The van der Waals surface area contributed by atoms with Gasteiger partial charge in [0.25, 0.3) is 0 Å². The van der Waals surface area contributed by atoms with Gasteiger partial charge in [-0.25, -0.2) is 4.39 Å². The molecule has 1 aromatic heterocycles. The molecule has 0 aliphatic heterocycles. The summed E-state index contributed by atoms with van der Waals surface area (Å²) in [7, 11) is 1.94. The smallest absolute Gasteiger partial charge is 0.159 e. The summed E-state index contributed by atoms with van der Waals surface area (Å²) in [4.78, 5) is 7.66. The zero-order valence-electron chi connectivity index (χ0n) is 15.8. The molecule has 0 unspecified atom stereocenters. The molecule has 0 atom stereocenters. The number of fused-ring (bicyclic) bond motifs is 1. The maximum Gasteiger partial charge on any atom is 0.159 e. The summed E-state index contributed by atoms with van der Waals surface area (Å²) in [6.45, 7) is 8.90. The summed E-state index contributed by atoms with van der Waals surface area (Å²) in [5.41, 5.74) is 7.18. The zero-order chi connectivity index (χ0) is 18.9. The average molecular weight is 357 g/mol. The molecule has 1 aromatic carbocycles. The molecular weight excluding hydrogens is 329 g/mol. The molecule has 0 saturated heterocycles. The van der Waals surface area contributed by atoms with Gasteiger partial charge in [0.15, 0.2) is 5.83 Å². The largest absolute Gasteiger partial charge is 0.320 e. The van der Waals surface area contributed by atoms with E-state index in [4.69, 9.17) is 0 Å². The van der Waals surface area contributed by atoms with E-state index in [0.29, 0.717) is 6.54 Å². The van der Waals surface area contributed by atoms with Crippen molar-refractivity contribution in [3.05, 3.63) is 40.9 Å². The quantitative estimate of drug-likeness (QED) is 0.428. The Morgan fingerprint density at radius 3 is 2.69 bits per heavy atom. The number of aromatic nitrogens is 2. The molecule has 5 nitrogen and oxygen atoms in total. The Balaban J connectivity index is 2.31. The second kappa shape index (κ2) is 9.87. The van der Waals surface area contributed by atoms with Crippen LogP contribution in [0.3, 0.4) is 0 Å². The number of aliphatic imine (C=N–C) groups is 2. The lowest BCUT2D eigenvalue weighted by Gasteiger charge is -2.17. The Morgan fingerprint density at radius 2 is 2.08 bits per heavy atom. The van der Waals surface area contributed by atoms with E-state index < -0.39 is 5.83 Å². The number of aromatic amines is 2. The maximum absolute atomic E-state index is 13.4. The van der Waals surface area contributed by atoms with Crippen LogP contribution >= 0.6 is 0 Å². The monoisotopic (exact) mass is 357 g/mol. The third-order valence-electron chi connectivity index (χ3n) is 4.54. The molecule has 0 amide bonds. The SMILES string of the molecule is C=N/C=C(F)\C=N/C/C(CCCNC)=C(/C)c1ccc(CC)c2[nH][nH]c12. The van der Waals surface area contributed by atoms with Gasteiger partial charge in [0.05, 0.1) is 30.0 Å². The molecule has 0 aliphatic carbocycles. The van der Waals surface area contributed by atoms with Crippen molar-refractivity contribution in [2.45, 2.75) is 33.1 Å². The number of H-pyrrole nitrogens is 2. The minimum absolute atomic E-state index is 0.464. The highest BCUT2D eigenvalue weighted by Gasteiger charge is 2.13. The molecular formula is C20H28FN5. The first-order chi connectivity index (χ1) is 12.6. The maximum atomic E-state index is 13.4. The summed E-state index contributed by atoms with van der Waals surface area (Å²) < 4.78 is 13.4. The molecule has 2 aromatic rings. The molecule has 0 fully saturated rings. The topological polar surface area (TPSA) is 68.3 Å². The number of halogens is 1. The van der Waals surface area contributed by atoms with Gasteiger partial charge in [-0.2, -0.15) is 0 Å². The Hall–Kier alpha value is -2.47. The van der Waals surface area contributed by atoms with Crippen molar-refractivity contribution < 1.29 is 4.39 Å². The van der Waals surface area contributed by atoms with Crippen molar-refractivity contribution in [1.29, 1.82) is 0 Å². The second-order valence-electron chi connectivity index (χ2n) is 6.23. The molecule has 0 aliphatic rings. The van der Waals surface area contributed by atoms with Crippen LogP contribution in [0.25, 0.3) is 16.6 Å². The van der Waals surface area contributed by atoms with E-state index in [-0.39, 0.29) is 0 Å². The number of aryl methyl sites for hydroxylation is 1. The first-order valence-electron chi connectivity index (χ1n) is 8.95. The molecule has 0 radical (unpaired) electrons. The summed E-state index contributed by atoms with van der Waals surface area (Å²) in [6.07, 6.45) is 5.17. The van der Waals surface area contributed by atoms with Crippen LogP contribution < -0.4 is 5.32 Å². The fourth-order valence-electron chi connectivity index (χ4n) is 3.01. The molecule has 2 rings (SSSR count). The average Bonchev–Trinajstić information content (AvgIpc) is 2.60. The van der Waals surface area contributed by atoms with E-state index in [1.54, 1.807) is 0 Å². The molecule has 140 valence electrons. The van der Waals surface area contributed by atoms with Gasteiger partial charge < -0.3 is 5.32 Å². The van der Waals surface area contributed by atoms with Crippen LogP contribution in [-0.2, 0) is 6.42 Å². The fourth-order valence-corrected chi connectivity index (χ4v) is 3.01. The normalized spacial score (nSPS) is 13.6. The van der Waals surface area contributed by atoms with Crippen molar-refractivity contribution >= 4 is 29.5 Å². The number of allylic oxidation sites excluding steroid dienone is 2. The predicted molar refractivity (Wildman–Crippen MR) is 110 cm³/mol. The number of nitrogens with zero attached hydrogens (tertiary/aromatic N) is 2. The van der Waals surface area contributed by atoms with Gasteiger partial charge in [0.2, 0.25) is 0 Å². The van der Waals surface area contributed by atoms with Crippen LogP contribution in [0.4, 0.5) is 4.39 Å². The lowest BCUT2D eigenvalue weighted by Crippen LogP contribution is -2.09. The van der Waals surface area contributed by atoms with E-state index >= 15 is 0 Å². The first-order valence-corrected chi connectivity index (χ1v) is 8.95. The van der Waals surface area contributed by atoms with Gasteiger partial charge in [-0.15, -0.1) is 0 Å². The van der Waals surface area contributed by atoms with Crippen molar-refractivity contribution in [3.8, 4) is 0 Å². The Morgan fingerprint density at radius 1 is 1.31 bits per heavy atom. The number of hydrogen-bond acceptors (Lipinski definition) is 3. The van der Waals surface area contributed by atoms with E-state index in [9.17, 15) is 4.39 Å². The molecule has 26 heavy (non-hydrogen) atoms. The van der Waals surface area contributed by atoms with Crippen molar-refractivity contribution in [3.63, 3.8) is 0 Å². The van der Waals surface area contributed by atoms with E-state index in [1.807, 2.05) is 7.05 Å². The lowest BCUT2D eigenvalue weighted by atomic mass is 9.95. The number of benzene rings is 1. The summed E-state index contributed by atoms with van der Waals surface area (Å²) in [6, 6.07) is 4.32.